The Hall–Kier alpha value is -2.42. The molecule has 2 aromatic carbocycles. The molecule has 0 saturated carbocycles. The topological polar surface area (TPSA) is 93.1 Å². The van der Waals surface area contributed by atoms with Crippen molar-refractivity contribution in [3.63, 3.8) is 0 Å². The van der Waals surface area contributed by atoms with E-state index in [1.165, 1.54) is 6.92 Å². The number of nitrogens with zero attached hydrogens (tertiary/aromatic N) is 1. The molecule has 3 rings (SSSR count). The summed E-state index contributed by atoms with van der Waals surface area (Å²) in [5.74, 6) is 1.63. The van der Waals surface area contributed by atoms with Crippen LogP contribution < -0.4 is 9.47 Å². The van der Waals surface area contributed by atoms with Crippen LogP contribution in [0.25, 0.3) is 0 Å². The summed E-state index contributed by atoms with van der Waals surface area (Å²) in [4.78, 5) is 13.4. The minimum atomic E-state index is -3.05. The van der Waals surface area contributed by atoms with Gasteiger partial charge < -0.3 is 14.6 Å². The predicted octanol–water partition coefficient (Wildman–Crippen LogP) is 3.11. The number of rotatable bonds is 12. The number of sulfone groups is 1. The van der Waals surface area contributed by atoms with Crippen molar-refractivity contribution in [2.24, 2.45) is 0 Å². The Morgan fingerprint density at radius 1 is 1.09 bits per heavy atom. The quantitative estimate of drug-likeness (QED) is 0.472. The zero-order chi connectivity index (χ0) is 23.8. The van der Waals surface area contributed by atoms with Gasteiger partial charge in [0, 0.05) is 24.7 Å². The van der Waals surface area contributed by atoms with Gasteiger partial charge in [0.2, 0.25) is 0 Å². The average Bonchev–Trinajstić information content (AvgIpc) is 3.16. The van der Waals surface area contributed by atoms with Crippen LogP contribution in [0.2, 0.25) is 0 Å². The van der Waals surface area contributed by atoms with Gasteiger partial charge in [0.1, 0.15) is 24.2 Å². The number of benzene rings is 2. The van der Waals surface area contributed by atoms with Crippen molar-refractivity contribution in [1.82, 2.24) is 4.90 Å². The largest absolute Gasteiger partial charge is 0.494 e. The van der Waals surface area contributed by atoms with E-state index in [9.17, 15) is 18.3 Å². The highest BCUT2D eigenvalue weighted by atomic mass is 32.2. The summed E-state index contributed by atoms with van der Waals surface area (Å²) >= 11 is 0. The second kappa shape index (κ2) is 11.6. The van der Waals surface area contributed by atoms with Gasteiger partial charge in [-0.2, -0.15) is 0 Å². The Kier molecular flexibility index (Phi) is 8.88. The van der Waals surface area contributed by atoms with Crippen LogP contribution in [0, 0.1) is 0 Å². The Bertz CT molecular complexity index is 1000. The molecule has 1 fully saturated rings. The van der Waals surface area contributed by atoms with E-state index in [4.69, 9.17) is 9.47 Å². The predicted molar refractivity (Wildman–Crippen MR) is 128 cm³/mol. The normalized spacial score (nSPS) is 18.2. The number of hydrogen-bond donors (Lipinski definition) is 1. The Morgan fingerprint density at radius 3 is 2.30 bits per heavy atom. The van der Waals surface area contributed by atoms with Crippen LogP contribution in [0.15, 0.2) is 48.5 Å². The number of ketones is 1. The number of hydrogen-bond acceptors (Lipinski definition) is 7. The summed E-state index contributed by atoms with van der Waals surface area (Å²) in [5.41, 5.74) is 1.62. The minimum absolute atomic E-state index is 0.0197. The molecule has 2 unspecified atom stereocenters. The Labute approximate surface area is 196 Å². The molecule has 0 amide bonds. The molecule has 0 aliphatic carbocycles. The number of aliphatic hydroxyl groups excluding tert-OH is 1. The van der Waals surface area contributed by atoms with E-state index < -0.39 is 15.9 Å². The van der Waals surface area contributed by atoms with E-state index in [1.54, 1.807) is 24.3 Å². The summed E-state index contributed by atoms with van der Waals surface area (Å²) < 4.78 is 35.4. The van der Waals surface area contributed by atoms with E-state index in [2.05, 4.69) is 6.92 Å². The highest BCUT2D eigenvalue weighted by Gasteiger charge is 2.33. The standard InChI is InChI=1S/C25H33NO6S/c1-3-13-31-24-8-4-20(5-9-24)15-26(22-12-14-33(29,30)18-22)16-23(28)17-32-25-10-6-21(7-11-25)19(2)27/h4-11,22-23,28H,3,12-18H2,1-2H3. The molecule has 0 bridgehead atoms. The molecule has 0 spiro atoms. The molecule has 2 aromatic rings. The number of aliphatic hydroxyl groups is 1. The number of Topliss-reactive ketones (excluding diaryl/α,β-unsaturated/α-hetero) is 1. The summed E-state index contributed by atoms with van der Waals surface area (Å²) in [6, 6.07) is 14.4. The molecule has 1 saturated heterocycles. The average molecular weight is 476 g/mol. The lowest BCUT2D eigenvalue weighted by Crippen LogP contribution is -2.42. The van der Waals surface area contributed by atoms with Gasteiger partial charge >= 0.3 is 0 Å². The summed E-state index contributed by atoms with van der Waals surface area (Å²) in [6.07, 6.45) is 0.694. The summed E-state index contributed by atoms with van der Waals surface area (Å²) in [5, 5.41) is 10.6. The molecule has 180 valence electrons. The molecule has 1 aliphatic heterocycles. The number of ether oxygens (including phenoxy) is 2. The van der Waals surface area contributed by atoms with Crippen LogP contribution in [-0.2, 0) is 16.4 Å². The SMILES string of the molecule is CCCOc1ccc(CN(CC(O)COc2ccc(C(C)=O)cc2)C2CCS(=O)(=O)C2)cc1. The maximum absolute atomic E-state index is 12.1. The fourth-order valence-corrected chi connectivity index (χ4v) is 5.61. The van der Waals surface area contributed by atoms with Crippen molar-refractivity contribution in [1.29, 1.82) is 0 Å². The van der Waals surface area contributed by atoms with Gasteiger partial charge in [0.15, 0.2) is 15.6 Å². The third-order valence-corrected chi connectivity index (χ3v) is 7.41. The van der Waals surface area contributed by atoms with Gasteiger partial charge in [0.25, 0.3) is 0 Å². The maximum Gasteiger partial charge on any atom is 0.159 e. The van der Waals surface area contributed by atoms with Gasteiger partial charge in [0.05, 0.1) is 18.1 Å². The van der Waals surface area contributed by atoms with Crippen LogP contribution in [0.3, 0.4) is 0 Å². The summed E-state index contributed by atoms with van der Waals surface area (Å²) in [6.45, 7) is 5.11. The molecule has 2 atom stereocenters. The maximum atomic E-state index is 12.1. The lowest BCUT2D eigenvalue weighted by atomic mass is 10.1. The van der Waals surface area contributed by atoms with Gasteiger partial charge in [-0.1, -0.05) is 19.1 Å². The molecular weight excluding hydrogens is 442 g/mol. The van der Waals surface area contributed by atoms with Crippen LogP contribution in [0.5, 0.6) is 11.5 Å². The minimum Gasteiger partial charge on any atom is -0.494 e. The van der Waals surface area contributed by atoms with Crippen molar-refractivity contribution in [2.45, 2.75) is 45.4 Å². The van der Waals surface area contributed by atoms with Crippen LogP contribution in [0.1, 0.15) is 42.6 Å². The fraction of sp³-hybridized carbons (Fsp3) is 0.480. The summed E-state index contributed by atoms with van der Waals surface area (Å²) in [7, 11) is -3.05. The highest BCUT2D eigenvalue weighted by molar-refractivity contribution is 7.91. The van der Waals surface area contributed by atoms with Gasteiger partial charge in [-0.25, -0.2) is 8.42 Å². The second-order valence-electron chi connectivity index (χ2n) is 8.52. The first-order valence-corrected chi connectivity index (χ1v) is 13.2. The third kappa shape index (κ3) is 7.84. The first-order chi connectivity index (χ1) is 15.8. The smallest absolute Gasteiger partial charge is 0.159 e. The Balaban J connectivity index is 1.62. The lowest BCUT2D eigenvalue weighted by molar-refractivity contribution is 0.0524. The van der Waals surface area contributed by atoms with E-state index in [0.29, 0.717) is 37.4 Å². The van der Waals surface area contributed by atoms with E-state index >= 15 is 0 Å². The fourth-order valence-electron chi connectivity index (χ4n) is 3.85. The van der Waals surface area contributed by atoms with E-state index in [1.807, 2.05) is 29.2 Å². The third-order valence-electron chi connectivity index (χ3n) is 5.66. The zero-order valence-corrected chi connectivity index (χ0v) is 20.1. The first-order valence-electron chi connectivity index (χ1n) is 11.3. The Morgan fingerprint density at radius 2 is 1.73 bits per heavy atom. The molecule has 7 nitrogen and oxygen atoms in total. The van der Waals surface area contributed by atoms with Gasteiger partial charge in [-0.05, 0) is 61.7 Å². The van der Waals surface area contributed by atoms with Gasteiger partial charge in [-0.15, -0.1) is 0 Å². The van der Waals surface area contributed by atoms with Crippen LogP contribution in [0.4, 0.5) is 0 Å². The van der Waals surface area contributed by atoms with Crippen molar-refractivity contribution < 1.29 is 27.8 Å². The van der Waals surface area contributed by atoms with E-state index in [-0.39, 0.29) is 29.9 Å². The molecule has 1 aliphatic rings. The van der Waals surface area contributed by atoms with Crippen molar-refractivity contribution in [2.75, 3.05) is 31.3 Å². The monoisotopic (exact) mass is 475 g/mol. The molecule has 1 heterocycles. The molecule has 1 N–H and O–H groups in total. The molecule has 0 radical (unpaired) electrons. The van der Waals surface area contributed by atoms with Crippen molar-refractivity contribution in [3.05, 3.63) is 59.7 Å². The van der Waals surface area contributed by atoms with Crippen molar-refractivity contribution in [3.8, 4) is 11.5 Å². The van der Waals surface area contributed by atoms with Gasteiger partial charge in [-0.3, -0.25) is 9.69 Å². The number of carbonyl (C=O) groups excluding carboxylic acids is 1. The lowest BCUT2D eigenvalue weighted by Gasteiger charge is -2.30. The second-order valence-corrected chi connectivity index (χ2v) is 10.8. The number of carbonyl (C=O) groups is 1. The van der Waals surface area contributed by atoms with Crippen LogP contribution >= 0.6 is 0 Å². The van der Waals surface area contributed by atoms with Crippen molar-refractivity contribution >= 4 is 15.6 Å². The van der Waals surface area contributed by atoms with Crippen LogP contribution in [-0.4, -0.2) is 67.6 Å². The zero-order valence-electron chi connectivity index (χ0n) is 19.3. The highest BCUT2D eigenvalue weighted by Crippen LogP contribution is 2.22. The van der Waals surface area contributed by atoms with E-state index in [0.717, 1.165) is 17.7 Å². The first kappa shape index (κ1) is 25.2. The molecule has 33 heavy (non-hydrogen) atoms. The molecule has 8 heteroatoms. The molecule has 0 aromatic heterocycles. The molecular formula is C25H33NO6S.